The van der Waals surface area contributed by atoms with Gasteiger partial charge in [0.2, 0.25) is 5.82 Å². The van der Waals surface area contributed by atoms with Gasteiger partial charge in [-0.05, 0) is 42.0 Å². The minimum atomic E-state index is -3.55. The number of nitrogens with one attached hydrogen (secondary N) is 1. The van der Waals surface area contributed by atoms with Crippen molar-refractivity contribution < 1.29 is 8.78 Å². The number of anilines is 1. The molecule has 1 aromatic carbocycles. The first-order chi connectivity index (χ1) is 11.2. The molecule has 0 saturated heterocycles. The van der Waals surface area contributed by atoms with Crippen LogP contribution >= 0.6 is 47.0 Å². The molecule has 0 saturated carbocycles. The lowest BCUT2D eigenvalue weighted by molar-refractivity contribution is 0.0778. The minimum absolute atomic E-state index is 0.236. The van der Waals surface area contributed by atoms with E-state index in [4.69, 9.17) is 47.0 Å². The molecule has 2 heterocycles. The highest BCUT2D eigenvalue weighted by atomic mass is 35.5. The van der Waals surface area contributed by atoms with Crippen LogP contribution in [0.15, 0.2) is 18.2 Å². The van der Waals surface area contributed by atoms with Gasteiger partial charge in [-0.3, -0.25) is 0 Å². The number of thiocarbonyl (C=S) groups is 1. The summed E-state index contributed by atoms with van der Waals surface area (Å²) in [6, 6.07) is 4.96. The molecule has 2 aromatic rings. The molecular formula is C13H10Cl3F2N5S. The maximum atomic E-state index is 13.3. The third-order valence-corrected chi connectivity index (χ3v) is 4.37. The largest absolute Gasteiger partial charge is 0.381 e. The van der Waals surface area contributed by atoms with Crippen LogP contribution < -0.4 is 5.32 Å². The van der Waals surface area contributed by atoms with Crippen molar-refractivity contribution in [3.05, 3.63) is 39.9 Å². The molecule has 1 aromatic heterocycles. The van der Waals surface area contributed by atoms with Gasteiger partial charge in [-0.1, -0.05) is 23.2 Å². The van der Waals surface area contributed by atoms with Crippen molar-refractivity contribution in [1.29, 1.82) is 0 Å². The van der Waals surface area contributed by atoms with Gasteiger partial charge >= 0.3 is 5.38 Å². The summed E-state index contributed by atoms with van der Waals surface area (Å²) in [4.78, 5) is 1.78. The lowest BCUT2D eigenvalue weighted by atomic mass is 10.3. The zero-order valence-electron chi connectivity index (χ0n) is 11.9. The average molecular weight is 413 g/mol. The van der Waals surface area contributed by atoms with E-state index in [1.54, 1.807) is 23.1 Å². The second-order valence-corrected chi connectivity index (χ2v) is 6.83. The molecule has 0 bridgehead atoms. The van der Waals surface area contributed by atoms with Crippen LogP contribution in [0.2, 0.25) is 10.0 Å². The van der Waals surface area contributed by atoms with Crippen LogP contribution in [0.5, 0.6) is 0 Å². The Bertz CT molecular complexity index is 772. The Hall–Kier alpha value is -1.22. The quantitative estimate of drug-likeness (QED) is 0.595. The molecule has 1 aliphatic rings. The van der Waals surface area contributed by atoms with Gasteiger partial charge in [0.05, 0.1) is 6.54 Å². The van der Waals surface area contributed by atoms with E-state index >= 15 is 0 Å². The van der Waals surface area contributed by atoms with Crippen molar-refractivity contribution >= 4 is 57.8 Å². The maximum Gasteiger partial charge on any atom is 0.381 e. The Morgan fingerprint density at radius 2 is 1.83 bits per heavy atom. The Kier molecular flexibility index (Phi) is 4.83. The van der Waals surface area contributed by atoms with Crippen molar-refractivity contribution in [2.75, 3.05) is 11.9 Å². The monoisotopic (exact) mass is 411 g/mol. The van der Waals surface area contributed by atoms with Gasteiger partial charge in [0.25, 0.3) is 0 Å². The highest BCUT2D eigenvalue weighted by Crippen LogP contribution is 2.32. The molecule has 0 aliphatic carbocycles. The van der Waals surface area contributed by atoms with Crippen LogP contribution in [0.4, 0.5) is 14.5 Å². The zero-order valence-corrected chi connectivity index (χ0v) is 15.0. The number of alkyl halides is 3. The summed E-state index contributed by atoms with van der Waals surface area (Å²) in [7, 11) is 0. The predicted molar refractivity (Wildman–Crippen MR) is 92.9 cm³/mol. The SMILES string of the molecule is FC(F)(Cl)c1nnc2n1CCN(C(=S)Nc1cc(Cl)cc(Cl)c1)C2. The van der Waals surface area contributed by atoms with Crippen molar-refractivity contribution in [2.45, 2.75) is 18.5 Å². The molecule has 0 spiro atoms. The Morgan fingerprint density at radius 1 is 1.17 bits per heavy atom. The summed E-state index contributed by atoms with van der Waals surface area (Å²) in [5.74, 6) is -0.191. The number of halogens is 5. The summed E-state index contributed by atoms with van der Waals surface area (Å²) in [5.41, 5.74) is 0.637. The minimum Gasteiger partial charge on any atom is -0.340 e. The Labute approximate surface area is 156 Å². The molecule has 1 N–H and O–H groups in total. The molecular weight excluding hydrogens is 403 g/mol. The van der Waals surface area contributed by atoms with Gasteiger partial charge in [-0.2, -0.15) is 8.78 Å². The van der Waals surface area contributed by atoms with Crippen molar-refractivity contribution in [1.82, 2.24) is 19.7 Å². The Balaban J connectivity index is 1.73. The number of benzene rings is 1. The third kappa shape index (κ3) is 3.72. The third-order valence-electron chi connectivity index (χ3n) is 3.41. The molecule has 0 amide bonds. The average Bonchev–Trinajstić information content (AvgIpc) is 2.88. The molecule has 0 unspecified atom stereocenters. The first-order valence-corrected chi connectivity index (χ1v) is 8.29. The van der Waals surface area contributed by atoms with E-state index in [0.717, 1.165) is 0 Å². The Morgan fingerprint density at radius 3 is 2.46 bits per heavy atom. The summed E-state index contributed by atoms with van der Waals surface area (Å²) >= 11 is 22.3. The van der Waals surface area contributed by atoms with E-state index in [2.05, 4.69) is 15.5 Å². The molecule has 24 heavy (non-hydrogen) atoms. The van der Waals surface area contributed by atoms with Gasteiger partial charge in [0.1, 0.15) is 0 Å². The number of fused-ring (bicyclic) bond motifs is 1. The normalized spacial score (nSPS) is 14.5. The van der Waals surface area contributed by atoms with E-state index in [1.807, 2.05) is 0 Å². The highest BCUT2D eigenvalue weighted by molar-refractivity contribution is 7.80. The summed E-state index contributed by atoms with van der Waals surface area (Å²) < 4.78 is 27.8. The number of hydrogen-bond acceptors (Lipinski definition) is 3. The van der Waals surface area contributed by atoms with Crippen LogP contribution in [0.1, 0.15) is 11.6 Å². The van der Waals surface area contributed by atoms with Crippen molar-refractivity contribution in [3.8, 4) is 0 Å². The maximum absolute atomic E-state index is 13.3. The smallest absolute Gasteiger partial charge is 0.340 e. The molecule has 0 atom stereocenters. The van der Waals surface area contributed by atoms with Gasteiger partial charge in [-0.25, -0.2) is 0 Å². The molecule has 3 rings (SSSR count). The van der Waals surface area contributed by atoms with E-state index in [9.17, 15) is 8.78 Å². The van der Waals surface area contributed by atoms with Gasteiger partial charge in [0.15, 0.2) is 10.9 Å². The van der Waals surface area contributed by atoms with Gasteiger partial charge in [-0.15, -0.1) is 10.2 Å². The fourth-order valence-corrected chi connectivity index (χ4v) is 3.31. The highest BCUT2D eigenvalue weighted by Gasteiger charge is 2.37. The lowest BCUT2D eigenvalue weighted by Crippen LogP contribution is -2.41. The second kappa shape index (κ2) is 6.59. The number of hydrogen-bond donors (Lipinski definition) is 1. The molecule has 0 radical (unpaired) electrons. The standard InChI is InChI=1S/C13H10Cl3F2N5S/c14-7-3-8(15)5-9(4-7)19-12(24)22-1-2-23-10(6-22)20-21-11(23)13(16,17)18/h3-5H,1-2,6H2,(H,19,24). The van der Waals surface area contributed by atoms with E-state index in [0.29, 0.717) is 33.2 Å². The van der Waals surface area contributed by atoms with Crippen molar-refractivity contribution in [2.24, 2.45) is 0 Å². The van der Waals surface area contributed by atoms with Gasteiger partial charge < -0.3 is 14.8 Å². The summed E-state index contributed by atoms with van der Waals surface area (Å²) in [5, 5.41) is 8.06. The van der Waals surface area contributed by atoms with Gasteiger partial charge in [0, 0.05) is 28.8 Å². The predicted octanol–water partition coefficient (Wildman–Crippen LogP) is 4.09. The molecule has 1 aliphatic heterocycles. The van der Waals surface area contributed by atoms with Crippen LogP contribution in [0.3, 0.4) is 0 Å². The number of aromatic nitrogens is 3. The van der Waals surface area contributed by atoms with E-state index in [1.165, 1.54) is 4.57 Å². The summed E-state index contributed by atoms with van der Waals surface area (Å²) in [6.45, 7) is 0.892. The molecule has 5 nitrogen and oxygen atoms in total. The van der Waals surface area contributed by atoms with Crippen LogP contribution in [-0.4, -0.2) is 31.3 Å². The lowest BCUT2D eigenvalue weighted by Gasteiger charge is -2.30. The van der Waals surface area contributed by atoms with Crippen LogP contribution in [0, 0.1) is 0 Å². The topological polar surface area (TPSA) is 46.0 Å². The first-order valence-electron chi connectivity index (χ1n) is 6.75. The first kappa shape index (κ1) is 17.6. The fourth-order valence-electron chi connectivity index (χ4n) is 2.37. The second-order valence-electron chi connectivity index (χ2n) is 5.10. The van der Waals surface area contributed by atoms with Crippen LogP contribution in [0.25, 0.3) is 0 Å². The molecule has 11 heteroatoms. The number of nitrogens with zero attached hydrogens (tertiary/aromatic N) is 4. The number of rotatable bonds is 2. The van der Waals surface area contributed by atoms with Crippen LogP contribution in [-0.2, 0) is 18.5 Å². The molecule has 0 fully saturated rings. The van der Waals surface area contributed by atoms with Crippen molar-refractivity contribution in [3.63, 3.8) is 0 Å². The van der Waals surface area contributed by atoms with E-state index in [-0.39, 0.29) is 13.1 Å². The molecule has 128 valence electrons. The summed E-state index contributed by atoms with van der Waals surface area (Å²) in [6.07, 6.45) is 0. The van der Waals surface area contributed by atoms with E-state index < -0.39 is 11.2 Å². The fraction of sp³-hybridized carbons (Fsp3) is 0.308. The zero-order chi connectivity index (χ0) is 17.5.